The smallest absolute Gasteiger partial charge is 0.221 e. The van der Waals surface area contributed by atoms with E-state index in [-0.39, 0.29) is 12.5 Å². The predicted octanol–water partition coefficient (Wildman–Crippen LogP) is 5.60. The minimum Gasteiger partial charge on any atom is -0.487 e. The molecule has 0 fully saturated rings. The number of nitrogens with one attached hydrogen (secondary N) is 2. The molecule has 0 aliphatic heterocycles. The number of halogens is 1. The Morgan fingerprint density at radius 1 is 1.03 bits per heavy atom. The average Bonchev–Trinajstić information content (AvgIpc) is 3.26. The minimum absolute atomic E-state index is 0.135. The summed E-state index contributed by atoms with van der Waals surface area (Å²) in [6.07, 6.45) is 3.89. The van der Waals surface area contributed by atoms with Crippen LogP contribution in [0.15, 0.2) is 71.5 Å². The van der Waals surface area contributed by atoms with Crippen LogP contribution in [0.5, 0.6) is 5.75 Å². The maximum atomic E-state index is 8.15. The van der Waals surface area contributed by atoms with Crippen molar-refractivity contribution < 1.29 is 13.9 Å². The fraction of sp³-hybridized carbons (Fsp3) is 0.0435. The number of rotatable bonds is 7. The van der Waals surface area contributed by atoms with E-state index in [4.69, 9.17) is 36.3 Å². The number of fused-ring (bicyclic) bond motifs is 1. The van der Waals surface area contributed by atoms with Gasteiger partial charge in [0, 0.05) is 10.6 Å². The van der Waals surface area contributed by atoms with Gasteiger partial charge in [-0.1, -0.05) is 35.9 Å². The number of benzene rings is 2. The number of hydrogen-bond acceptors (Lipinski definition) is 7. The van der Waals surface area contributed by atoms with Crippen molar-refractivity contribution in [3.05, 3.63) is 88.9 Å². The standard InChI is InChI=1S/C23H17ClN4O3/c24-17-5-1-15(2-6-17)11-20(22(26)30-13-25)16-3-8-19(9-4-16)29-12-18-7-10-21-23(28-18)27-14-31-21/h1-11,13-14,25-26H,12H2/b20-11+,25-13?,26-22?. The van der Waals surface area contributed by atoms with Gasteiger partial charge in [0.15, 0.2) is 24.0 Å². The first-order chi connectivity index (χ1) is 15.1. The predicted molar refractivity (Wildman–Crippen MR) is 119 cm³/mol. The van der Waals surface area contributed by atoms with Crippen LogP contribution < -0.4 is 4.74 Å². The topological polar surface area (TPSA) is 105 Å². The second-order valence-corrected chi connectivity index (χ2v) is 6.90. The zero-order valence-electron chi connectivity index (χ0n) is 16.2. The highest BCUT2D eigenvalue weighted by Gasteiger charge is 2.11. The maximum Gasteiger partial charge on any atom is 0.221 e. The average molecular weight is 433 g/mol. The van der Waals surface area contributed by atoms with Crippen molar-refractivity contribution in [3.8, 4) is 5.75 Å². The van der Waals surface area contributed by atoms with Gasteiger partial charge in [-0.2, -0.15) is 4.98 Å². The SMILES string of the molecule is N=COC(=N)/C(=C/c1ccc(Cl)cc1)c1ccc(OCc2ccc3ocnc3n2)cc1. The van der Waals surface area contributed by atoms with Crippen LogP contribution in [0.25, 0.3) is 22.9 Å². The van der Waals surface area contributed by atoms with Gasteiger partial charge in [0.2, 0.25) is 5.90 Å². The summed E-state index contributed by atoms with van der Waals surface area (Å²) in [6, 6.07) is 18.1. The lowest BCUT2D eigenvalue weighted by Crippen LogP contribution is -2.05. The second kappa shape index (κ2) is 9.23. The van der Waals surface area contributed by atoms with E-state index >= 15 is 0 Å². The van der Waals surface area contributed by atoms with Crippen molar-refractivity contribution in [1.82, 2.24) is 9.97 Å². The summed E-state index contributed by atoms with van der Waals surface area (Å²) in [4.78, 5) is 8.42. The van der Waals surface area contributed by atoms with E-state index in [0.29, 0.717) is 27.6 Å². The molecule has 2 aromatic carbocycles. The van der Waals surface area contributed by atoms with Crippen LogP contribution in [0, 0.1) is 10.8 Å². The third kappa shape index (κ3) is 4.96. The van der Waals surface area contributed by atoms with Crippen molar-refractivity contribution in [2.75, 3.05) is 0 Å². The van der Waals surface area contributed by atoms with Crippen molar-refractivity contribution in [2.24, 2.45) is 0 Å². The molecule has 0 amide bonds. The zero-order valence-corrected chi connectivity index (χ0v) is 17.0. The Morgan fingerprint density at radius 2 is 1.81 bits per heavy atom. The molecule has 0 atom stereocenters. The number of oxazole rings is 1. The zero-order chi connectivity index (χ0) is 21.6. The Hall–Kier alpha value is -3.97. The highest BCUT2D eigenvalue weighted by molar-refractivity contribution is 6.30. The number of nitrogens with zero attached hydrogens (tertiary/aromatic N) is 2. The van der Waals surface area contributed by atoms with E-state index in [0.717, 1.165) is 23.2 Å². The lowest BCUT2D eigenvalue weighted by Gasteiger charge is -2.10. The Kier molecular flexibility index (Phi) is 6.05. The molecule has 0 unspecified atom stereocenters. The summed E-state index contributed by atoms with van der Waals surface area (Å²) >= 11 is 5.95. The van der Waals surface area contributed by atoms with Crippen molar-refractivity contribution >= 4 is 46.8 Å². The lowest BCUT2D eigenvalue weighted by molar-refractivity contribution is 0.301. The summed E-state index contributed by atoms with van der Waals surface area (Å²) in [6.45, 7) is 0.280. The molecule has 2 N–H and O–H groups in total. The molecule has 0 aliphatic rings. The number of aromatic nitrogens is 2. The van der Waals surface area contributed by atoms with Gasteiger partial charge in [0.25, 0.3) is 0 Å². The Balaban J connectivity index is 1.52. The Morgan fingerprint density at radius 3 is 2.55 bits per heavy atom. The van der Waals surface area contributed by atoms with Gasteiger partial charge in [0.1, 0.15) is 12.4 Å². The van der Waals surface area contributed by atoms with Gasteiger partial charge < -0.3 is 13.9 Å². The molecule has 0 saturated heterocycles. The van der Waals surface area contributed by atoms with Gasteiger partial charge in [-0.25, -0.2) is 4.98 Å². The highest BCUT2D eigenvalue weighted by Crippen LogP contribution is 2.24. The molecule has 31 heavy (non-hydrogen) atoms. The number of hydrogen-bond donors (Lipinski definition) is 2. The molecule has 0 saturated carbocycles. The molecule has 0 bridgehead atoms. The molecule has 4 aromatic rings. The quantitative estimate of drug-likeness (QED) is 0.225. The van der Waals surface area contributed by atoms with Crippen molar-refractivity contribution in [1.29, 1.82) is 10.8 Å². The molecule has 2 heterocycles. The molecule has 0 aliphatic carbocycles. The summed E-state index contributed by atoms with van der Waals surface area (Å²) in [7, 11) is 0. The monoisotopic (exact) mass is 432 g/mol. The van der Waals surface area contributed by atoms with Crippen molar-refractivity contribution in [3.63, 3.8) is 0 Å². The Labute approximate surface area is 182 Å². The lowest BCUT2D eigenvalue weighted by atomic mass is 10.0. The van der Waals surface area contributed by atoms with Gasteiger partial charge in [-0.15, -0.1) is 0 Å². The van der Waals surface area contributed by atoms with Gasteiger partial charge in [-0.05, 0) is 53.6 Å². The second-order valence-electron chi connectivity index (χ2n) is 6.46. The van der Waals surface area contributed by atoms with Crippen LogP contribution in [0.1, 0.15) is 16.8 Å². The van der Waals surface area contributed by atoms with Crippen LogP contribution in [-0.4, -0.2) is 22.3 Å². The normalized spacial score (nSPS) is 11.3. The molecule has 0 spiro atoms. The maximum absolute atomic E-state index is 8.15. The molecule has 2 aromatic heterocycles. The minimum atomic E-state index is -0.135. The third-order valence-corrected chi connectivity index (χ3v) is 4.66. The molecule has 0 radical (unpaired) electrons. The third-order valence-electron chi connectivity index (χ3n) is 4.41. The molecule has 8 heteroatoms. The molecular weight excluding hydrogens is 416 g/mol. The molecular formula is C23H17ClN4O3. The first kappa shape index (κ1) is 20.3. The van der Waals surface area contributed by atoms with E-state index in [1.165, 1.54) is 6.39 Å². The summed E-state index contributed by atoms with van der Waals surface area (Å²) in [5, 5.41) is 15.9. The van der Waals surface area contributed by atoms with E-state index < -0.39 is 0 Å². The largest absolute Gasteiger partial charge is 0.487 e. The first-order valence-corrected chi connectivity index (χ1v) is 9.64. The molecule has 4 rings (SSSR count). The molecule has 154 valence electrons. The molecule has 7 nitrogen and oxygen atoms in total. The van der Waals surface area contributed by atoms with E-state index in [9.17, 15) is 0 Å². The highest BCUT2D eigenvalue weighted by atomic mass is 35.5. The van der Waals surface area contributed by atoms with Gasteiger partial charge >= 0.3 is 0 Å². The van der Waals surface area contributed by atoms with Gasteiger partial charge in [-0.3, -0.25) is 10.8 Å². The van der Waals surface area contributed by atoms with Crippen LogP contribution in [0.3, 0.4) is 0 Å². The van der Waals surface area contributed by atoms with Crippen molar-refractivity contribution in [2.45, 2.75) is 6.61 Å². The number of ether oxygens (including phenoxy) is 2. The summed E-state index contributed by atoms with van der Waals surface area (Å²) in [5.74, 6) is 0.514. The Bertz CT molecular complexity index is 1250. The van der Waals surface area contributed by atoms with Crippen LogP contribution in [-0.2, 0) is 11.3 Å². The van der Waals surface area contributed by atoms with Crippen LogP contribution >= 0.6 is 11.6 Å². The van der Waals surface area contributed by atoms with Gasteiger partial charge in [0.05, 0.1) is 5.69 Å². The number of pyridine rings is 1. The van der Waals surface area contributed by atoms with E-state index in [1.54, 1.807) is 36.4 Å². The van der Waals surface area contributed by atoms with E-state index in [2.05, 4.69) is 9.97 Å². The van der Waals surface area contributed by atoms with Crippen LogP contribution in [0.2, 0.25) is 5.02 Å². The fourth-order valence-electron chi connectivity index (χ4n) is 2.89. The fourth-order valence-corrected chi connectivity index (χ4v) is 3.01. The first-order valence-electron chi connectivity index (χ1n) is 9.26. The summed E-state index contributed by atoms with van der Waals surface area (Å²) < 4.78 is 16.0. The summed E-state index contributed by atoms with van der Waals surface area (Å²) in [5.41, 5.74) is 4.02. The van der Waals surface area contributed by atoms with E-state index in [1.807, 2.05) is 30.3 Å². The van der Waals surface area contributed by atoms with Crippen LogP contribution in [0.4, 0.5) is 0 Å².